The number of H-pyrrole nitrogens is 1. The molecular formula is C8H12N4O5. The van der Waals surface area contributed by atoms with Crippen molar-refractivity contribution in [1.29, 1.82) is 0 Å². The number of rotatable bonds is 3. The van der Waals surface area contributed by atoms with Crippen molar-refractivity contribution in [3.05, 3.63) is 11.4 Å². The number of hydrogen-bond acceptors (Lipinski definition) is 7. The molecule has 2 heterocycles. The predicted molar refractivity (Wildman–Crippen MR) is 51.6 cm³/mol. The van der Waals surface area contributed by atoms with Crippen LogP contribution in [0.25, 0.3) is 0 Å². The molecule has 0 radical (unpaired) electrons. The Morgan fingerprint density at radius 1 is 1.41 bits per heavy atom. The van der Waals surface area contributed by atoms with Gasteiger partial charge in [0.15, 0.2) is 5.69 Å². The SMILES string of the molecule is NC(=O)c1n[nH]nc1[C@H]1O[C@@H](CO)[C@H](O)[C@@H]1O. The van der Waals surface area contributed by atoms with Crippen LogP contribution in [0.2, 0.25) is 0 Å². The number of carbonyl (C=O) groups excluding carboxylic acids is 1. The van der Waals surface area contributed by atoms with E-state index in [2.05, 4.69) is 15.4 Å². The van der Waals surface area contributed by atoms with E-state index < -0.39 is 36.9 Å². The van der Waals surface area contributed by atoms with Crippen molar-refractivity contribution in [2.45, 2.75) is 24.4 Å². The number of nitrogens with one attached hydrogen (secondary N) is 1. The molecule has 1 amide bonds. The number of aromatic amines is 1. The van der Waals surface area contributed by atoms with Gasteiger partial charge in [-0.3, -0.25) is 4.79 Å². The molecule has 1 aromatic rings. The minimum absolute atomic E-state index is 0.0139. The first-order chi connectivity index (χ1) is 8.06. The largest absolute Gasteiger partial charge is 0.394 e. The van der Waals surface area contributed by atoms with E-state index in [-0.39, 0.29) is 11.4 Å². The van der Waals surface area contributed by atoms with E-state index in [0.29, 0.717) is 0 Å². The second kappa shape index (κ2) is 4.37. The fourth-order valence-corrected chi connectivity index (χ4v) is 1.74. The van der Waals surface area contributed by atoms with Gasteiger partial charge in [0.2, 0.25) is 0 Å². The number of ether oxygens (including phenoxy) is 1. The van der Waals surface area contributed by atoms with Crippen molar-refractivity contribution < 1.29 is 24.9 Å². The average Bonchev–Trinajstić information content (AvgIpc) is 2.86. The van der Waals surface area contributed by atoms with Gasteiger partial charge in [0.1, 0.15) is 30.1 Å². The third-order valence-corrected chi connectivity index (χ3v) is 2.62. The Balaban J connectivity index is 2.29. The van der Waals surface area contributed by atoms with Crippen LogP contribution in [0, 0.1) is 0 Å². The number of aliphatic hydroxyl groups is 3. The van der Waals surface area contributed by atoms with Gasteiger partial charge in [0, 0.05) is 0 Å². The molecule has 1 aliphatic rings. The minimum Gasteiger partial charge on any atom is -0.394 e. The van der Waals surface area contributed by atoms with E-state index in [9.17, 15) is 15.0 Å². The molecule has 9 heteroatoms. The molecule has 0 saturated carbocycles. The van der Waals surface area contributed by atoms with Gasteiger partial charge in [0.05, 0.1) is 6.61 Å². The Morgan fingerprint density at radius 3 is 2.65 bits per heavy atom. The van der Waals surface area contributed by atoms with Crippen molar-refractivity contribution >= 4 is 5.91 Å². The summed E-state index contributed by atoms with van der Waals surface area (Å²) in [6.45, 7) is -0.460. The summed E-state index contributed by atoms with van der Waals surface area (Å²) in [4.78, 5) is 11.0. The van der Waals surface area contributed by atoms with Gasteiger partial charge in [-0.25, -0.2) is 0 Å². The number of hydrogen-bond donors (Lipinski definition) is 5. The van der Waals surface area contributed by atoms with Crippen molar-refractivity contribution in [3.8, 4) is 0 Å². The molecule has 1 saturated heterocycles. The molecular weight excluding hydrogens is 232 g/mol. The van der Waals surface area contributed by atoms with Crippen LogP contribution in [0.5, 0.6) is 0 Å². The van der Waals surface area contributed by atoms with Crippen LogP contribution in [-0.2, 0) is 4.74 Å². The van der Waals surface area contributed by atoms with E-state index in [1.165, 1.54) is 0 Å². The number of primary amides is 1. The zero-order valence-electron chi connectivity index (χ0n) is 8.65. The van der Waals surface area contributed by atoms with E-state index in [0.717, 1.165) is 0 Å². The number of nitrogens with zero attached hydrogens (tertiary/aromatic N) is 2. The third kappa shape index (κ3) is 1.89. The zero-order chi connectivity index (χ0) is 12.6. The summed E-state index contributed by atoms with van der Waals surface area (Å²) in [5, 5.41) is 37.6. The fourth-order valence-electron chi connectivity index (χ4n) is 1.74. The van der Waals surface area contributed by atoms with Gasteiger partial charge in [-0.2, -0.15) is 15.4 Å². The Hall–Kier alpha value is -1.55. The van der Waals surface area contributed by atoms with Crippen LogP contribution in [0.3, 0.4) is 0 Å². The van der Waals surface area contributed by atoms with Gasteiger partial charge in [-0.1, -0.05) is 0 Å². The van der Waals surface area contributed by atoms with Gasteiger partial charge in [-0.05, 0) is 0 Å². The summed E-state index contributed by atoms with van der Waals surface area (Å²) >= 11 is 0. The highest BCUT2D eigenvalue weighted by Crippen LogP contribution is 2.33. The molecule has 9 nitrogen and oxygen atoms in total. The lowest BCUT2D eigenvalue weighted by Crippen LogP contribution is -2.32. The quantitative estimate of drug-likeness (QED) is 0.381. The van der Waals surface area contributed by atoms with E-state index in [1.54, 1.807) is 0 Å². The Kier molecular flexibility index (Phi) is 3.07. The molecule has 1 aromatic heterocycles. The van der Waals surface area contributed by atoms with Crippen LogP contribution in [0.1, 0.15) is 22.3 Å². The summed E-state index contributed by atoms with van der Waals surface area (Å²) in [5.74, 6) is -0.827. The summed E-state index contributed by atoms with van der Waals surface area (Å²) < 4.78 is 5.19. The van der Waals surface area contributed by atoms with Crippen molar-refractivity contribution in [2.24, 2.45) is 5.73 Å². The molecule has 6 N–H and O–H groups in total. The topological polar surface area (TPSA) is 155 Å². The third-order valence-electron chi connectivity index (χ3n) is 2.62. The fraction of sp³-hybridized carbons (Fsp3) is 0.625. The molecule has 2 rings (SSSR count). The van der Waals surface area contributed by atoms with E-state index >= 15 is 0 Å². The van der Waals surface area contributed by atoms with Crippen molar-refractivity contribution in [3.63, 3.8) is 0 Å². The van der Waals surface area contributed by atoms with Crippen LogP contribution < -0.4 is 5.73 Å². The Morgan fingerprint density at radius 2 is 2.12 bits per heavy atom. The minimum atomic E-state index is -1.31. The number of carbonyl (C=O) groups is 1. The van der Waals surface area contributed by atoms with Crippen molar-refractivity contribution in [2.75, 3.05) is 6.61 Å². The molecule has 0 bridgehead atoms. The highest BCUT2D eigenvalue weighted by molar-refractivity contribution is 5.91. The first kappa shape index (κ1) is 11.9. The van der Waals surface area contributed by atoms with Gasteiger partial charge in [-0.15, -0.1) is 0 Å². The lowest BCUT2D eigenvalue weighted by atomic mass is 10.0. The molecule has 0 aromatic carbocycles. The Labute approximate surface area is 95.2 Å². The first-order valence-electron chi connectivity index (χ1n) is 4.89. The maximum atomic E-state index is 11.0. The molecule has 0 aliphatic carbocycles. The summed E-state index contributed by atoms with van der Waals surface area (Å²) in [6.07, 6.45) is -4.56. The molecule has 0 unspecified atom stereocenters. The van der Waals surface area contributed by atoms with Crippen LogP contribution in [-0.4, -0.2) is 61.6 Å². The van der Waals surface area contributed by atoms with Crippen LogP contribution in [0.4, 0.5) is 0 Å². The highest BCUT2D eigenvalue weighted by Gasteiger charge is 2.45. The van der Waals surface area contributed by atoms with Gasteiger partial charge >= 0.3 is 0 Å². The smallest absolute Gasteiger partial charge is 0.271 e. The molecule has 1 fully saturated rings. The molecule has 0 spiro atoms. The predicted octanol–water partition coefficient (Wildman–Crippen LogP) is -2.94. The lowest BCUT2D eigenvalue weighted by Gasteiger charge is -2.12. The molecule has 17 heavy (non-hydrogen) atoms. The standard InChI is InChI=1S/C8H12N4O5/c9-8(16)4-3(10-12-11-4)7-6(15)5(14)2(1-13)17-7/h2,5-7,13-15H,1H2,(H2,9,16)(H,10,11,12)/t2-,5-,6-,7+/m0/s1. The second-order valence-electron chi connectivity index (χ2n) is 3.68. The molecule has 94 valence electrons. The number of amides is 1. The monoisotopic (exact) mass is 244 g/mol. The number of nitrogens with two attached hydrogens (primary N) is 1. The normalized spacial score (nSPS) is 32.9. The molecule has 1 aliphatic heterocycles. The van der Waals surface area contributed by atoms with E-state index in [1.807, 2.05) is 0 Å². The Bertz CT molecular complexity index is 422. The highest BCUT2D eigenvalue weighted by atomic mass is 16.6. The number of aromatic nitrogens is 3. The van der Waals surface area contributed by atoms with Crippen LogP contribution >= 0.6 is 0 Å². The van der Waals surface area contributed by atoms with Crippen LogP contribution in [0.15, 0.2) is 0 Å². The number of aliphatic hydroxyl groups excluding tert-OH is 3. The van der Waals surface area contributed by atoms with Gasteiger partial charge in [0.25, 0.3) is 5.91 Å². The van der Waals surface area contributed by atoms with Crippen molar-refractivity contribution in [1.82, 2.24) is 15.4 Å². The van der Waals surface area contributed by atoms with Gasteiger partial charge < -0.3 is 25.8 Å². The summed E-state index contributed by atoms with van der Waals surface area (Å²) in [7, 11) is 0. The zero-order valence-corrected chi connectivity index (χ0v) is 8.65. The lowest BCUT2D eigenvalue weighted by molar-refractivity contribution is -0.0241. The maximum Gasteiger partial charge on any atom is 0.271 e. The summed E-state index contributed by atoms with van der Waals surface area (Å²) in [6, 6.07) is 0. The van der Waals surface area contributed by atoms with E-state index in [4.69, 9.17) is 15.6 Å². The second-order valence-corrected chi connectivity index (χ2v) is 3.68. The summed E-state index contributed by atoms with van der Waals surface area (Å²) in [5.41, 5.74) is 4.91. The maximum absolute atomic E-state index is 11.0. The first-order valence-corrected chi connectivity index (χ1v) is 4.89. The molecule has 4 atom stereocenters. The average molecular weight is 244 g/mol.